The Hall–Kier alpha value is -0.490. The zero-order valence-electron chi connectivity index (χ0n) is 11.8. The Bertz CT molecular complexity index is 646. The van der Waals surface area contributed by atoms with Crippen LogP contribution in [0.3, 0.4) is 0 Å². The lowest BCUT2D eigenvalue weighted by molar-refractivity contribution is 0.0928. The standard InChI is InChI=1S/C13H16Cl3NO3S/c1-4-7(2)8(3)17-13(18)10-5-9(21(16,19)20)6-11(14)12(10)15/h5-8H,4H2,1-3H3,(H,17,18). The van der Waals surface area contributed by atoms with Gasteiger partial charge < -0.3 is 5.32 Å². The van der Waals surface area contributed by atoms with Crippen LogP contribution < -0.4 is 5.32 Å². The predicted molar refractivity (Wildman–Crippen MR) is 85.9 cm³/mol. The number of amides is 1. The van der Waals surface area contributed by atoms with Crippen LogP contribution in [0, 0.1) is 5.92 Å². The van der Waals surface area contributed by atoms with Crippen molar-refractivity contribution in [1.29, 1.82) is 0 Å². The molecule has 1 N–H and O–H groups in total. The van der Waals surface area contributed by atoms with Crippen LogP contribution in [-0.2, 0) is 9.05 Å². The SMILES string of the molecule is CCC(C)C(C)NC(=O)c1cc(S(=O)(=O)Cl)cc(Cl)c1Cl. The van der Waals surface area contributed by atoms with Crippen LogP contribution in [0.4, 0.5) is 0 Å². The Kier molecular flexibility index (Phi) is 6.35. The molecule has 0 aliphatic rings. The highest BCUT2D eigenvalue weighted by atomic mass is 35.7. The summed E-state index contributed by atoms with van der Waals surface area (Å²) in [7, 11) is 1.28. The first-order valence-electron chi connectivity index (χ1n) is 6.32. The molecule has 1 aromatic carbocycles. The van der Waals surface area contributed by atoms with Gasteiger partial charge in [0.25, 0.3) is 15.0 Å². The van der Waals surface area contributed by atoms with Crippen LogP contribution >= 0.6 is 33.9 Å². The number of hydrogen-bond donors (Lipinski definition) is 1. The summed E-state index contributed by atoms with van der Waals surface area (Å²) in [6.45, 7) is 5.88. The highest BCUT2D eigenvalue weighted by Crippen LogP contribution is 2.31. The first kappa shape index (κ1) is 18.6. The molecule has 4 nitrogen and oxygen atoms in total. The van der Waals surface area contributed by atoms with Crippen LogP contribution in [-0.4, -0.2) is 20.4 Å². The molecule has 8 heteroatoms. The second kappa shape index (κ2) is 7.18. The summed E-state index contributed by atoms with van der Waals surface area (Å²) < 4.78 is 22.8. The van der Waals surface area contributed by atoms with E-state index >= 15 is 0 Å². The van der Waals surface area contributed by atoms with Crippen LogP contribution in [0.2, 0.25) is 10.0 Å². The first-order valence-corrected chi connectivity index (χ1v) is 9.39. The molecule has 0 bridgehead atoms. The van der Waals surface area contributed by atoms with Crippen molar-refractivity contribution in [2.24, 2.45) is 5.92 Å². The van der Waals surface area contributed by atoms with Gasteiger partial charge >= 0.3 is 0 Å². The fourth-order valence-corrected chi connectivity index (χ4v) is 2.91. The van der Waals surface area contributed by atoms with Gasteiger partial charge in [-0.25, -0.2) is 8.42 Å². The average molecular weight is 373 g/mol. The molecular weight excluding hydrogens is 357 g/mol. The van der Waals surface area contributed by atoms with Crippen molar-refractivity contribution >= 4 is 48.8 Å². The molecule has 1 aromatic rings. The maximum atomic E-state index is 12.2. The van der Waals surface area contributed by atoms with Crippen molar-refractivity contribution < 1.29 is 13.2 Å². The molecule has 0 aliphatic carbocycles. The molecule has 2 atom stereocenters. The van der Waals surface area contributed by atoms with Crippen molar-refractivity contribution in [2.75, 3.05) is 0 Å². The zero-order valence-corrected chi connectivity index (χ0v) is 14.9. The summed E-state index contributed by atoms with van der Waals surface area (Å²) in [4.78, 5) is 12.0. The topological polar surface area (TPSA) is 63.2 Å². The molecule has 0 aliphatic heterocycles. The summed E-state index contributed by atoms with van der Waals surface area (Å²) in [5.41, 5.74) is -0.0152. The molecule has 21 heavy (non-hydrogen) atoms. The quantitative estimate of drug-likeness (QED) is 0.792. The number of nitrogens with one attached hydrogen (secondary N) is 1. The molecular formula is C13H16Cl3NO3S. The fraction of sp³-hybridized carbons (Fsp3) is 0.462. The minimum absolute atomic E-state index is 0.00501. The largest absolute Gasteiger partial charge is 0.349 e. The van der Waals surface area contributed by atoms with Crippen LogP contribution in [0.25, 0.3) is 0 Å². The number of carbonyl (C=O) groups excluding carboxylic acids is 1. The van der Waals surface area contributed by atoms with Gasteiger partial charge in [0.2, 0.25) is 0 Å². The van der Waals surface area contributed by atoms with Gasteiger partial charge in [-0.1, -0.05) is 43.5 Å². The van der Waals surface area contributed by atoms with Gasteiger partial charge in [0.15, 0.2) is 0 Å². The van der Waals surface area contributed by atoms with E-state index in [2.05, 4.69) is 5.32 Å². The Morgan fingerprint density at radius 2 is 1.86 bits per heavy atom. The smallest absolute Gasteiger partial charge is 0.261 e. The van der Waals surface area contributed by atoms with E-state index in [9.17, 15) is 13.2 Å². The lowest BCUT2D eigenvalue weighted by Crippen LogP contribution is -2.37. The number of carbonyl (C=O) groups is 1. The van der Waals surface area contributed by atoms with E-state index in [-0.39, 0.29) is 32.5 Å². The van der Waals surface area contributed by atoms with Crippen LogP contribution in [0.15, 0.2) is 17.0 Å². The van der Waals surface area contributed by atoms with E-state index in [0.717, 1.165) is 18.6 Å². The van der Waals surface area contributed by atoms with E-state index < -0.39 is 15.0 Å². The summed E-state index contributed by atoms with van der Waals surface area (Å²) >= 11 is 11.8. The van der Waals surface area contributed by atoms with Gasteiger partial charge in [0.05, 0.1) is 20.5 Å². The lowest BCUT2D eigenvalue weighted by Gasteiger charge is -2.20. The number of hydrogen-bond acceptors (Lipinski definition) is 3. The summed E-state index contributed by atoms with van der Waals surface area (Å²) in [5, 5.41) is 2.73. The Morgan fingerprint density at radius 1 is 1.29 bits per heavy atom. The molecule has 1 rings (SSSR count). The van der Waals surface area contributed by atoms with E-state index in [0.29, 0.717) is 0 Å². The van der Waals surface area contributed by atoms with Crippen molar-refractivity contribution in [1.82, 2.24) is 5.32 Å². The second-order valence-electron chi connectivity index (χ2n) is 4.85. The molecule has 0 radical (unpaired) electrons. The van der Waals surface area contributed by atoms with Crippen LogP contribution in [0.1, 0.15) is 37.6 Å². The molecule has 0 spiro atoms. The molecule has 0 aromatic heterocycles. The third-order valence-electron chi connectivity index (χ3n) is 3.38. The summed E-state index contributed by atoms with van der Waals surface area (Å²) in [6, 6.07) is 2.14. The van der Waals surface area contributed by atoms with Crippen molar-refractivity contribution in [3.8, 4) is 0 Å². The molecule has 2 unspecified atom stereocenters. The number of halogens is 3. The normalized spacial score (nSPS) is 14.6. The Labute approximate surface area is 139 Å². The maximum absolute atomic E-state index is 12.2. The predicted octanol–water partition coefficient (Wildman–Crippen LogP) is 4.09. The molecule has 1 amide bonds. The van der Waals surface area contributed by atoms with Gasteiger partial charge in [-0.3, -0.25) is 4.79 Å². The molecule has 0 fully saturated rings. The minimum Gasteiger partial charge on any atom is -0.349 e. The monoisotopic (exact) mass is 371 g/mol. The summed E-state index contributed by atoms with van der Waals surface area (Å²) in [6.07, 6.45) is 0.895. The van der Waals surface area contributed by atoms with Crippen LogP contribution in [0.5, 0.6) is 0 Å². The third kappa shape index (κ3) is 4.74. The van der Waals surface area contributed by atoms with E-state index in [1.807, 2.05) is 20.8 Å². The number of benzene rings is 1. The van der Waals surface area contributed by atoms with Crippen molar-refractivity contribution in [3.63, 3.8) is 0 Å². The Balaban J connectivity index is 3.18. The van der Waals surface area contributed by atoms with E-state index in [1.165, 1.54) is 0 Å². The van der Waals surface area contributed by atoms with Crippen molar-refractivity contribution in [2.45, 2.75) is 38.1 Å². The van der Waals surface area contributed by atoms with Gasteiger partial charge in [0.1, 0.15) is 0 Å². The Morgan fingerprint density at radius 3 is 2.33 bits per heavy atom. The van der Waals surface area contributed by atoms with E-state index in [4.69, 9.17) is 33.9 Å². The van der Waals surface area contributed by atoms with Gasteiger partial charge in [0, 0.05) is 16.7 Å². The highest BCUT2D eigenvalue weighted by molar-refractivity contribution is 8.13. The lowest BCUT2D eigenvalue weighted by atomic mass is 10.0. The van der Waals surface area contributed by atoms with Gasteiger partial charge in [-0.05, 0) is 25.0 Å². The molecule has 0 saturated carbocycles. The first-order chi connectivity index (χ1) is 9.57. The number of rotatable bonds is 5. The average Bonchev–Trinajstić information content (AvgIpc) is 2.39. The summed E-state index contributed by atoms with van der Waals surface area (Å²) in [5.74, 6) is -0.222. The molecule has 0 saturated heterocycles. The zero-order chi connectivity index (χ0) is 16.4. The van der Waals surface area contributed by atoms with Gasteiger partial charge in [-0.2, -0.15) is 0 Å². The van der Waals surface area contributed by atoms with Crippen molar-refractivity contribution in [3.05, 3.63) is 27.7 Å². The minimum atomic E-state index is -4.00. The molecule has 0 heterocycles. The van der Waals surface area contributed by atoms with E-state index in [1.54, 1.807) is 0 Å². The fourth-order valence-electron chi connectivity index (χ4n) is 1.65. The third-order valence-corrected chi connectivity index (χ3v) is 5.52. The highest BCUT2D eigenvalue weighted by Gasteiger charge is 2.22. The second-order valence-corrected chi connectivity index (χ2v) is 8.20. The molecule has 118 valence electrons. The maximum Gasteiger partial charge on any atom is 0.261 e. The van der Waals surface area contributed by atoms with Gasteiger partial charge in [-0.15, -0.1) is 0 Å².